The molecule has 3 aromatic carbocycles. The lowest BCUT2D eigenvalue weighted by molar-refractivity contribution is 0.374. The van der Waals surface area contributed by atoms with Gasteiger partial charge in [0.25, 0.3) is 20.1 Å². The van der Waals surface area contributed by atoms with Gasteiger partial charge in [-0.1, -0.05) is 18.2 Å². The normalized spacial score (nSPS) is 11.7. The summed E-state index contributed by atoms with van der Waals surface area (Å²) < 4.78 is 89.3. The van der Waals surface area contributed by atoms with Gasteiger partial charge in [0.05, 0.1) is 52.2 Å². The van der Waals surface area contributed by atoms with E-state index in [-0.39, 0.29) is 17.0 Å². The Balaban J connectivity index is 2.10. The predicted octanol–water partition coefficient (Wildman–Crippen LogP) is 4.06. The maximum atomic E-state index is 13.0. The van der Waals surface area contributed by atoms with Crippen LogP contribution in [0, 0.1) is 0 Å². The molecular formula is C25H27NO10S2. The van der Waals surface area contributed by atoms with Gasteiger partial charge in [-0.15, -0.1) is 0 Å². The molecule has 11 nitrogen and oxygen atoms in total. The maximum Gasteiger partial charge on any atom is 0.295 e. The van der Waals surface area contributed by atoms with Gasteiger partial charge in [-0.05, 0) is 24.3 Å². The van der Waals surface area contributed by atoms with Crippen LogP contribution in [0.25, 0.3) is 17.2 Å². The third-order valence-corrected chi connectivity index (χ3v) is 7.29. The number of hydrogen-bond acceptors (Lipinski definition) is 9. The average Bonchev–Trinajstić information content (AvgIpc) is 2.90. The van der Waals surface area contributed by atoms with E-state index in [1.54, 1.807) is 36.4 Å². The van der Waals surface area contributed by atoms with Crippen LogP contribution in [0.1, 0.15) is 5.56 Å². The van der Waals surface area contributed by atoms with Gasteiger partial charge >= 0.3 is 0 Å². The van der Waals surface area contributed by atoms with E-state index in [0.29, 0.717) is 34.1 Å². The van der Waals surface area contributed by atoms with E-state index < -0.39 is 25.0 Å². The minimum absolute atomic E-state index is 0.00473. The number of methoxy groups -OCH3 is 5. The summed E-state index contributed by atoms with van der Waals surface area (Å²) in [5.74, 6) is 1.35. The van der Waals surface area contributed by atoms with Crippen LogP contribution in [-0.2, 0) is 20.1 Å². The van der Waals surface area contributed by atoms with Gasteiger partial charge in [0.1, 0.15) is 33.6 Å². The lowest BCUT2D eigenvalue weighted by Gasteiger charge is -2.17. The Kier molecular flexibility index (Phi) is 8.76. The number of rotatable bonds is 11. The van der Waals surface area contributed by atoms with Crippen LogP contribution in [0.5, 0.6) is 28.7 Å². The van der Waals surface area contributed by atoms with E-state index in [4.69, 9.17) is 23.7 Å². The van der Waals surface area contributed by atoms with Gasteiger partial charge in [0.2, 0.25) is 0 Å². The smallest absolute Gasteiger partial charge is 0.295 e. The molecule has 0 unspecified atom stereocenters. The van der Waals surface area contributed by atoms with Gasteiger partial charge in [-0.3, -0.25) is 9.27 Å². The van der Waals surface area contributed by atoms with Crippen molar-refractivity contribution in [1.82, 2.24) is 0 Å². The molecule has 13 heteroatoms. The summed E-state index contributed by atoms with van der Waals surface area (Å²) in [5, 5.41) is 0.848. The second-order valence-electron chi connectivity index (χ2n) is 7.62. The maximum absolute atomic E-state index is 13.0. The second kappa shape index (κ2) is 11.6. The molecule has 0 aliphatic heterocycles. The summed E-state index contributed by atoms with van der Waals surface area (Å²) in [6.45, 7) is 0. The molecule has 0 fully saturated rings. The first-order valence-electron chi connectivity index (χ1n) is 10.8. The Morgan fingerprint density at radius 3 is 1.82 bits per heavy atom. The topological polar surface area (TPSA) is 147 Å². The Labute approximate surface area is 221 Å². The highest BCUT2D eigenvalue weighted by atomic mass is 32.2. The number of ether oxygens (including phenoxy) is 5. The molecule has 0 heterocycles. The lowest BCUT2D eigenvalue weighted by Crippen LogP contribution is -2.12. The summed E-state index contributed by atoms with van der Waals surface area (Å²) >= 11 is 0. The van der Waals surface area contributed by atoms with Crippen molar-refractivity contribution in [2.24, 2.45) is 0 Å². The highest BCUT2D eigenvalue weighted by Gasteiger charge is 2.24. The summed E-state index contributed by atoms with van der Waals surface area (Å²) in [5.41, 5.74) is 0.484. The first-order chi connectivity index (χ1) is 18.0. The van der Waals surface area contributed by atoms with Crippen LogP contribution >= 0.6 is 0 Å². The highest BCUT2D eigenvalue weighted by molar-refractivity contribution is 7.95. The average molecular weight is 566 g/mol. The molecular weight excluding hydrogens is 538 g/mol. The lowest BCUT2D eigenvalue weighted by atomic mass is 10.0. The second-order valence-corrected chi connectivity index (χ2v) is 10.6. The van der Waals surface area contributed by atoms with Gasteiger partial charge in [-0.2, -0.15) is 8.42 Å². The molecule has 0 saturated carbocycles. The number of sulfonamides is 1. The quantitative estimate of drug-likeness (QED) is 0.326. The van der Waals surface area contributed by atoms with Crippen molar-refractivity contribution < 1.29 is 45.1 Å². The van der Waals surface area contributed by atoms with Crippen LogP contribution in [-0.4, -0.2) is 56.9 Å². The molecule has 3 rings (SSSR count). The number of nitrogens with one attached hydrogen (secondary N) is 1. The van der Waals surface area contributed by atoms with Crippen LogP contribution in [0.4, 0.5) is 5.69 Å². The highest BCUT2D eigenvalue weighted by Crippen LogP contribution is 2.41. The van der Waals surface area contributed by atoms with E-state index in [0.717, 1.165) is 11.5 Å². The zero-order chi connectivity index (χ0) is 28.1. The Bertz CT molecular complexity index is 1540. The summed E-state index contributed by atoms with van der Waals surface area (Å²) in [4.78, 5) is -0.553. The fourth-order valence-electron chi connectivity index (χ4n) is 3.64. The summed E-state index contributed by atoms with van der Waals surface area (Å²) in [6.07, 6.45) is 1.25. The molecule has 0 bridgehead atoms. The largest absolute Gasteiger partial charge is 0.496 e. The van der Waals surface area contributed by atoms with Gasteiger partial charge in [0.15, 0.2) is 0 Å². The molecule has 3 aromatic rings. The molecule has 0 spiro atoms. The Hall–Kier alpha value is -3.94. The van der Waals surface area contributed by atoms with Crippen molar-refractivity contribution in [3.05, 3.63) is 59.5 Å². The van der Waals surface area contributed by atoms with Crippen LogP contribution in [0.2, 0.25) is 0 Å². The van der Waals surface area contributed by atoms with Crippen molar-refractivity contribution in [1.29, 1.82) is 0 Å². The molecule has 204 valence electrons. The monoisotopic (exact) mass is 565 g/mol. The zero-order valence-electron chi connectivity index (χ0n) is 21.2. The van der Waals surface area contributed by atoms with E-state index in [9.17, 15) is 21.4 Å². The van der Waals surface area contributed by atoms with Crippen molar-refractivity contribution in [2.45, 2.75) is 4.90 Å². The standard InChI is InChI=1S/C25H27NO10S2/c1-32-16-12-22(34-3)18(23(13-16)35-4)10-11-37(27,28)26-20-15-25(38(29,30)31)19(14-24(20)36-5)17-8-6-7-9-21(17)33-2/h6-15,26H,1-5H3,(H,29,30,31). The first kappa shape index (κ1) is 28.6. The van der Waals surface area contributed by atoms with E-state index in [2.05, 4.69) is 4.72 Å². The minimum Gasteiger partial charge on any atom is -0.496 e. The third kappa shape index (κ3) is 6.30. The van der Waals surface area contributed by atoms with E-state index >= 15 is 0 Å². The molecule has 0 atom stereocenters. The molecule has 0 radical (unpaired) electrons. The number of anilines is 1. The molecule has 0 saturated heterocycles. The molecule has 38 heavy (non-hydrogen) atoms. The molecule has 0 aliphatic carbocycles. The Morgan fingerprint density at radius 2 is 1.29 bits per heavy atom. The van der Waals surface area contributed by atoms with Crippen molar-refractivity contribution in [3.8, 4) is 39.9 Å². The van der Waals surface area contributed by atoms with Crippen molar-refractivity contribution in [3.63, 3.8) is 0 Å². The zero-order valence-corrected chi connectivity index (χ0v) is 22.8. The van der Waals surface area contributed by atoms with Crippen LogP contribution in [0.3, 0.4) is 0 Å². The SMILES string of the molecule is COc1cc(OC)c(C=CS(=O)(=O)Nc2cc(S(=O)(=O)O)c(-c3ccccc3OC)cc2OC)c(OC)c1. The fourth-order valence-corrected chi connectivity index (χ4v) is 5.20. The van der Waals surface area contributed by atoms with Crippen LogP contribution in [0.15, 0.2) is 58.8 Å². The number of benzene rings is 3. The number of para-hydroxylation sites is 1. The summed E-state index contributed by atoms with van der Waals surface area (Å²) in [6, 6.07) is 11.9. The minimum atomic E-state index is -4.80. The van der Waals surface area contributed by atoms with E-state index in [1.807, 2.05) is 0 Å². The fraction of sp³-hybridized carbons (Fsp3) is 0.200. The molecule has 0 aliphatic rings. The molecule has 0 amide bonds. The van der Waals surface area contributed by atoms with Crippen LogP contribution < -0.4 is 28.4 Å². The van der Waals surface area contributed by atoms with Gasteiger partial charge in [-0.25, -0.2) is 8.42 Å². The van der Waals surface area contributed by atoms with E-state index in [1.165, 1.54) is 47.7 Å². The van der Waals surface area contributed by atoms with Crippen molar-refractivity contribution in [2.75, 3.05) is 40.3 Å². The van der Waals surface area contributed by atoms with Gasteiger partial charge < -0.3 is 23.7 Å². The molecule has 0 aromatic heterocycles. The van der Waals surface area contributed by atoms with Crippen molar-refractivity contribution >= 4 is 31.9 Å². The summed E-state index contributed by atoms with van der Waals surface area (Å²) in [7, 11) is -2.07. The first-order valence-corrected chi connectivity index (χ1v) is 13.8. The Morgan fingerprint density at radius 1 is 0.711 bits per heavy atom. The van der Waals surface area contributed by atoms with Gasteiger partial charge in [0, 0.05) is 23.3 Å². The molecule has 2 N–H and O–H groups in total. The predicted molar refractivity (Wildman–Crippen MR) is 142 cm³/mol. The number of hydrogen-bond donors (Lipinski definition) is 2. The third-order valence-electron chi connectivity index (χ3n) is 5.40.